The van der Waals surface area contributed by atoms with Gasteiger partial charge in [-0.05, 0) is 36.5 Å². The molecule has 1 aromatic rings. The molecule has 0 radical (unpaired) electrons. The van der Waals surface area contributed by atoms with Crippen molar-refractivity contribution in [3.05, 3.63) is 29.8 Å². The highest BCUT2D eigenvalue weighted by molar-refractivity contribution is 5.86. The van der Waals surface area contributed by atoms with Gasteiger partial charge in [-0.15, -0.1) is 0 Å². The van der Waals surface area contributed by atoms with Gasteiger partial charge in [0.15, 0.2) is 0 Å². The van der Waals surface area contributed by atoms with Gasteiger partial charge in [0.1, 0.15) is 11.5 Å². The Morgan fingerprint density at radius 2 is 1.88 bits per heavy atom. The molecular weight excluding hydrogens is 200 g/mol. The van der Waals surface area contributed by atoms with E-state index in [2.05, 4.69) is 6.92 Å². The standard InChI is InChI=1S/C14H18O2/c1-10-3-8-13(14(15)9-10)11-4-6-12(16-2)7-5-11/h4-7,10,13H,3,8-9H2,1-2H3. The maximum Gasteiger partial charge on any atom is 0.140 e. The Kier molecular flexibility index (Phi) is 3.28. The Bertz CT molecular complexity index is 367. The number of carbonyl (C=O) groups is 1. The summed E-state index contributed by atoms with van der Waals surface area (Å²) >= 11 is 0. The summed E-state index contributed by atoms with van der Waals surface area (Å²) in [5, 5.41) is 0. The van der Waals surface area contributed by atoms with Crippen LogP contribution in [0.5, 0.6) is 5.75 Å². The van der Waals surface area contributed by atoms with Crippen LogP contribution < -0.4 is 4.74 Å². The summed E-state index contributed by atoms with van der Waals surface area (Å²) in [5.74, 6) is 1.91. The summed E-state index contributed by atoms with van der Waals surface area (Å²) in [7, 11) is 1.66. The van der Waals surface area contributed by atoms with Gasteiger partial charge < -0.3 is 4.74 Å². The lowest BCUT2D eigenvalue weighted by Gasteiger charge is -2.25. The molecule has 2 rings (SSSR count). The van der Waals surface area contributed by atoms with Crippen molar-refractivity contribution < 1.29 is 9.53 Å². The molecule has 16 heavy (non-hydrogen) atoms. The number of rotatable bonds is 2. The van der Waals surface area contributed by atoms with Gasteiger partial charge in [0.05, 0.1) is 7.11 Å². The molecule has 1 aliphatic carbocycles. The first-order chi connectivity index (χ1) is 7.70. The molecule has 0 N–H and O–H groups in total. The number of ether oxygens (including phenoxy) is 1. The van der Waals surface area contributed by atoms with Gasteiger partial charge in [-0.2, -0.15) is 0 Å². The Labute approximate surface area is 96.6 Å². The number of hydrogen-bond acceptors (Lipinski definition) is 2. The van der Waals surface area contributed by atoms with Crippen LogP contribution >= 0.6 is 0 Å². The Morgan fingerprint density at radius 1 is 1.19 bits per heavy atom. The van der Waals surface area contributed by atoms with Crippen LogP contribution in [0, 0.1) is 5.92 Å². The van der Waals surface area contributed by atoms with Crippen LogP contribution in [0.15, 0.2) is 24.3 Å². The first-order valence-corrected chi connectivity index (χ1v) is 5.87. The highest BCUT2D eigenvalue weighted by atomic mass is 16.5. The van der Waals surface area contributed by atoms with E-state index in [1.165, 1.54) is 0 Å². The average Bonchev–Trinajstić information content (AvgIpc) is 2.29. The van der Waals surface area contributed by atoms with Crippen molar-refractivity contribution in [3.8, 4) is 5.75 Å². The molecule has 0 saturated heterocycles. The Balaban J connectivity index is 2.14. The third-order valence-electron chi connectivity index (χ3n) is 3.40. The van der Waals surface area contributed by atoms with Crippen molar-refractivity contribution in [2.45, 2.75) is 32.1 Å². The fraction of sp³-hybridized carbons (Fsp3) is 0.500. The lowest BCUT2D eigenvalue weighted by molar-refractivity contribution is -0.123. The van der Waals surface area contributed by atoms with Gasteiger partial charge >= 0.3 is 0 Å². The van der Waals surface area contributed by atoms with E-state index in [4.69, 9.17) is 4.74 Å². The van der Waals surface area contributed by atoms with Gasteiger partial charge in [-0.3, -0.25) is 4.79 Å². The smallest absolute Gasteiger partial charge is 0.140 e. The van der Waals surface area contributed by atoms with Gasteiger partial charge in [-0.25, -0.2) is 0 Å². The van der Waals surface area contributed by atoms with E-state index in [-0.39, 0.29) is 5.92 Å². The van der Waals surface area contributed by atoms with E-state index in [1.54, 1.807) is 7.11 Å². The van der Waals surface area contributed by atoms with E-state index in [0.29, 0.717) is 11.7 Å². The lowest BCUT2D eigenvalue weighted by atomic mass is 9.78. The first kappa shape index (κ1) is 11.2. The van der Waals surface area contributed by atoms with Crippen LogP contribution in [0.2, 0.25) is 0 Å². The number of carbonyl (C=O) groups excluding carboxylic acids is 1. The van der Waals surface area contributed by atoms with Crippen LogP contribution in [0.4, 0.5) is 0 Å². The second kappa shape index (κ2) is 4.69. The molecule has 0 aliphatic heterocycles. The zero-order chi connectivity index (χ0) is 11.5. The second-order valence-corrected chi connectivity index (χ2v) is 4.68. The van der Waals surface area contributed by atoms with Crippen molar-refractivity contribution >= 4 is 5.78 Å². The summed E-state index contributed by atoms with van der Waals surface area (Å²) in [5.41, 5.74) is 1.14. The predicted octanol–water partition coefficient (Wildman–Crippen LogP) is 3.17. The summed E-state index contributed by atoms with van der Waals surface area (Å²) in [4.78, 5) is 11.9. The lowest BCUT2D eigenvalue weighted by Crippen LogP contribution is -2.21. The molecule has 86 valence electrons. The van der Waals surface area contributed by atoms with Gasteiger partial charge in [-0.1, -0.05) is 19.1 Å². The molecule has 1 aromatic carbocycles. The van der Waals surface area contributed by atoms with Crippen molar-refractivity contribution in [3.63, 3.8) is 0 Å². The largest absolute Gasteiger partial charge is 0.497 e. The molecular formula is C14H18O2. The minimum absolute atomic E-state index is 0.113. The molecule has 0 heterocycles. The molecule has 1 aliphatic rings. The van der Waals surface area contributed by atoms with Crippen molar-refractivity contribution in [1.82, 2.24) is 0 Å². The zero-order valence-corrected chi connectivity index (χ0v) is 9.90. The molecule has 0 amide bonds. The first-order valence-electron chi connectivity index (χ1n) is 5.87. The van der Waals surface area contributed by atoms with E-state index in [1.807, 2.05) is 24.3 Å². The molecule has 0 bridgehead atoms. The third-order valence-corrected chi connectivity index (χ3v) is 3.40. The molecule has 2 unspecified atom stereocenters. The van der Waals surface area contributed by atoms with Crippen molar-refractivity contribution in [2.75, 3.05) is 7.11 Å². The van der Waals surface area contributed by atoms with E-state index in [9.17, 15) is 4.79 Å². The van der Waals surface area contributed by atoms with E-state index >= 15 is 0 Å². The van der Waals surface area contributed by atoms with Crippen LogP contribution in [0.3, 0.4) is 0 Å². The van der Waals surface area contributed by atoms with Crippen molar-refractivity contribution in [1.29, 1.82) is 0 Å². The number of methoxy groups -OCH3 is 1. The number of benzene rings is 1. The number of hydrogen-bond donors (Lipinski definition) is 0. The topological polar surface area (TPSA) is 26.3 Å². The van der Waals surface area contributed by atoms with Gasteiger partial charge in [0.25, 0.3) is 0 Å². The Morgan fingerprint density at radius 3 is 2.44 bits per heavy atom. The zero-order valence-electron chi connectivity index (χ0n) is 9.90. The maximum atomic E-state index is 11.9. The summed E-state index contributed by atoms with van der Waals surface area (Å²) in [6, 6.07) is 7.88. The van der Waals surface area contributed by atoms with Gasteiger partial charge in [0, 0.05) is 12.3 Å². The second-order valence-electron chi connectivity index (χ2n) is 4.68. The van der Waals surface area contributed by atoms with Crippen LogP contribution in [-0.4, -0.2) is 12.9 Å². The van der Waals surface area contributed by atoms with E-state index in [0.717, 1.165) is 30.6 Å². The maximum absolute atomic E-state index is 11.9. The molecule has 1 fully saturated rings. The molecule has 2 atom stereocenters. The molecule has 2 nitrogen and oxygen atoms in total. The molecule has 0 aromatic heterocycles. The highest BCUT2D eigenvalue weighted by Gasteiger charge is 2.27. The third kappa shape index (κ3) is 2.26. The number of ketones is 1. The fourth-order valence-electron chi connectivity index (χ4n) is 2.39. The average molecular weight is 218 g/mol. The van der Waals surface area contributed by atoms with Crippen LogP contribution in [0.25, 0.3) is 0 Å². The molecule has 2 heteroatoms. The minimum atomic E-state index is 0.113. The molecule has 1 saturated carbocycles. The summed E-state index contributed by atoms with van der Waals surface area (Å²) in [6.07, 6.45) is 2.88. The Hall–Kier alpha value is -1.31. The highest BCUT2D eigenvalue weighted by Crippen LogP contribution is 2.33. The van der Waals surface area contributed by atoms with Crippen molar-refractivity contribution in [2.24, 2.45) is 5.92 Å². The quantitative estimate of drug-likeness (QED) is 0.762. The SMILES string of the molecule is COc1ccc(C2CCC(C)CC2=O)cc1. The van der Waals surface area contributed by atoms with Gasteiger partial charge in [0.2, 0.25) is 0 Å². The molecule has 0 spiro atoms. The summed E-state index contributed by atoms with van der Waals surface area (Å²) in [6.45, 7) is 2.15. The van der Waals surface area contributed by atoms with E-state index < -0.39 is 0 Å². The normalized spacial score (nSPS) is 25.5. The monoisotopic (exact) mass is 218 g/mol. The fourth-order valence-corrected chi connectivity index (χ4v) is 2.39. The van der Waals surface area contributed by atoms with Crippen LogP contribution in [-0.2, 0) is 4.79 Å². The number of Topliss-reactive ketones (excluding diaryl/α,β-unsaturated/α-hetero) is 1. The minimum Gasteiger partial charge on any atom is -0.497 e. The predicted molar refractivity (Wildman–Crippen MR) is 63.8 cm³/mol. The summed E-state index contributed by atoms with van der Waals surface area (Å²) < 4.78 is 5.12. The van der Waals surface area contributed by atoms with Crippen LogP contribution in [0.1, 0.15) is 37.7 Å².